The number of hydrogen-bond donors (Lipinski definition) is 0. The lowest BCUT2D eigenvalue weighted by Gasteiger charge is -2.53. The normalized spacial score (nSPS) is 39.0. The summed E-state index contributed by atoms with van der Waals surface area (Å²) in [5, 5.41) is 0. The van der Waals surface area contributed by atoms with E-state index >= 15 is 0 Å². The van der Waals surface area contributed by atoms with Gasteiger partial charge in [-0.1, -0.05) is 20.8 Å². The first-order valence-corrected chi connectivity index (χ1v) is 6.92. The number of esters is 1. The van der Waals surface area contributed by atoms with Gasteiger partial charge in [0.05, 0.1) is 0 Å². The number of ether oxygens (including phenoxy) is 1. The van der Waals surface area contributed by atoms with E-state index in [1.165, 1.54) is 6.92 Å². The summed E-state index contributed by atoms with van der Waals surface area (Å²) < 4.78 is 5.58. The number of carbonyl (C=O) groups excluding carboxylic acids is 2. The molecule has 0 aromatic carbocycles. The molecule has 0 unspecified atom stereocenters. The van der Waals surface area contributed by atoms with Crippen molar-refractivity contribution in [2.24, 2.45) is 16.7 Å². The van der Waals surface area contributed by atoms with Gasteiger partial charge < -0.3 is 4.74 Å². The average molecular weight is 252 g/mol. The Balaban J connectivity index is 2.26. The molecule has 0 aliphatic heterocycles. The van der Waals surface area contributed by atoms with Gasteiger partial charge in [0, 0.05) is 25.2 Å². The van der Waals surface area contributed by atoms with Crippen molar-refractivity contribution in [2.45, 2.75) is 65.9 Å². The summed E-state index contributed by atoms with van der Waals surface area (Å²) in [6.45, 7) is 8.10. The van der Waals surface area contributed by atoms with Crippen LogP contribution in [0.2, 0.25) is 0 Å². The molecule has 18 heavy (non-hydrogen) atoms. The predicted molar refractivity (Wildman–Crippen MR) is 69.0 cm³/mol. The molecule has 2 aliphatic carbocycles. The van der Waals surface area contributed by atoms with Crippen molar-refractivity contribution in [2.75, 3.05) is 0 Å². The van der Waals surface area contributed by atoms with Crippen LogP contribution in [-0.2, 0) is 14.3 Å². The lowest BCUT2D eigenvalue weighted by atomic mass is 9.53. The van der Waals surface area contributed by atoms with Crippen LogP contribution in [0.3, 0.4) is 0 Å². The number of hydrogen-bond acceptors (Lipinski definition) is 3. The van der Waals surface area contributed by atoms with Crippen LogP contribution in [-0.4, -0.2) is 17.9 Å². The second-order valence-electron chi connectivity index (χ2n) is 7.12. The second kappa shape index (κ2) is 4.36. The molecule has 0 amide bonds. The summed E-state index contributed by atoms with van der Waals surface area (Å²) >= 11 is 0. The first-order chi connectivity index (χ1) is 8.23. The predicted octanol–water partition coefficient (Wildman–Crippen LogP) is 3.11. The van der Waals surface area contributed by atoms with Crippen molar-refractivity contribution in [3.63, 3.8) is 0 Å². The molecule has 0 radical (unpaired) electrons. The van der Waals surface area contributed by atoms with E-state index in [1.54, 1.807) is 0 Å². The van der Waals surface area contributed by atoms with Crippen molar-refractivity contribution < 1.29 is 14.3 Å². The van der Waals surface area contributed by atoms with E-state index in [-0.39, 0.29) is 22.9 Å². The average Bonchev–Trinajstić information content (AvgIpc) is 2.20. The highest BCUT2D eigenvalue weighted by Crippen LogP contribution is 2.55. The summed E-state index contributed by atoms with van der Waals surface area (Å²) in [4.78, 5) is 23.0. The molecule has 3 atom stereocenters. The number of carbonyl (C=O) groups is 2. The van der Waals surface area contributed by atoms with Crippen LogP contribution in [0, 0.1) is 16.7 Å². The van der Waals surface area contributed by atoms with Crippen LogP contribution in [0.4, 0.5) is 0 Å². The Labute approximate surface area is 109 Å². The van der Waals surface area contributed by atoms with Crippen LogP contribution in [0.1, 0.15) is 59.8 Å². The van der Waals surface area contributed by atoms with E-state index in [1.807, 2.05) is 0 Å². The molecule has 2 saturated carbocycles. The van der Waals surface area contributed by atoms with Gasteiger partial charge in [0.2, 0.25) is 0 Å². The molecule has 3 heteroatoms. The van der Waals surface area contributed by atoms with E-state index in [4.69, 9.17) is 4.74 Å². The minimum atomic E-state index is -0.199. The van der Waals surface area contributed by atoms with Crippen molar-refractivity contribution in [3.8, 4) is 0 Å². The topological polar surface area (TPSA) is 43.4 Å². The molecule has 0 bridgehead atoms. The summed E-state index contributed by atoms with van der Waals surface area (Å²) in [6.07, 6.45) is 4.12. The Morgan fingerprint density at radius 1 is 1.28 bits per heavy atom. The molecule has 0 N–H and O–H groups in total. The second-order valence-corrected chi connectivity index (χ2v) is 7.12. The highest BCUT2D eigenvalue weighted by atomic mass is 16.5. The van der Waals surface area contributed by atoms with Gasteiger partial charge in [-0.3, -0.25) is 9.59 Å². The van der Waals surface area contributed by atoms with E-state index in [0.29, 0.717) is 24.5 Å². The minimum absolute atomic E-state index is 0.00486. The number of fused-ring (bicyclic) bond motifs is 1. The quantitative estimate of drug-likeness (QED) is 0.673. The smallest absolute Gasteiger partial charge is 0.302 e. The molecule has 0 spiro atoms. The maximum atomic E-state index is 11.7. The van der Waals surface area contributed by atoms with Crippen LogP contribution in [0.25, 0.3) is 0 Å². The molecular weight excluding hydrogens is 228 g/mol. The fourth-order valence-corrected chi connectivity index (χ4v) is 3.81. The maximum absolute atomic E-state index is 11.7. The van der Waals surface area contributed by atoms with Gasteiger partial charge in [-0.15, -0.1) is 0 Å². The largest absolute Gasteiger partial charge is 0.462 e. The zero-order valence-electron chi connectivity index (χ0n) is 11.9. The van der Waals surface area contributed by atoms with Crippen LogP contribution in [0.5, 0.6) is 0 Å². The SMILES string of the molecule is CC(=O)O[C@@H]1CC(C)(C)C[C@@H]2CC(=O)CC[C@@]21C. The number of ketones is 1. The van der Waals surface area contributed by atoms with Crippen molar-refractivity contribution in [1.82, 2.24) is 0 Å². The third-order valence-electron chi connectivity index (χ3n) is 4.93. The third kappa shape index (κ3) is 2.45. The summed E-state index contributed by atoms with van der Waals surface area (Å²) in [7, 11) is 0. The van der Waals surface area contributed by atoms with Crippen LogP contribution >= 0.6 is 0 Å². The fraction of sp³-hybridized carbons (Fsp3) is 0.867. The van der Waals surface area contributed by atoms with Gasteiger partial charge in [0.15, 0.2) is 0 Å². The Morgan fingerprint density at radius 3 is 2.56 bits per heavy atom. The van der Waals surface area contributed by atoms with Gasteiger partial charge in [-0.05, 0) is 30.6 Å². The van der Waals surface area contributed by atoms with Crippen molar-refractivity contribution >= 4 is 11.8 Å². The Bertz CT molecular complexity index is 372. The molecule has 2 aliphatic rings. The van der Waals surface area contributed by atoms with Crippen LogP contribution in [0.15, 0.2) is 0 Å². The molecule has 0 aromatic heterocycles. The number of rotatable bonds is 1. The highest BCUT2D eigenvalue weighted by Gasteiger charge is 2.53. The molecule has 2 rings (SSSR count). The van der Waals surface area contributed by atoms with E-state index in [9.17, 15) is 9.59 Å². The Morgan fingerprint density at radius 2 is 1.94 bits per heavy atom. The van der Waals surface area contributed by atoms with E-state index in [2.05, 4.69) is 20.8 Å². The van der Waals surface area contributed by atoms with Crippen molar-refractivity contribution in [3.05, 3.63) is 0 Å². The molecule has 0 saturated heterocycles. The summed E-state index contributed by atoms with van der Waals surface area (Å²) in [6, 6.07) is 0. The highest BCUT2D eigenvalue weighted by molar-refractivity contribution is 5.79. The van der Waals surface area contributed by atoms with Gasteiger partial charge in [-0.2, -0.15) is 0 Å². The van der Waals surface area contributed by atoms with Gasteiger partial charge >= 0.3 is 5.97 Å². The van der Waals surface area contributed by atoms with E-state index < -0.39 is 0 Å². The number of Topliss-reactive ketones (excluding diaryl/α,β-unsaturated/α-hetero) is 1. The molecule has 0 heterocycles. The fourth-order valence-electron chi connectivity index (χ4n) is 3.81. The first-order valence-electron chi connectivity index (χ1n) is 6.92. The molecular formula is C15H24O3. The molecule has 102 valence electrons. The lowest BCUT2D eigenvalue weighted by molar-refractivity contribution is -0.172. The van der Waals surface area contributed by atoms with Crippen molar-refractivity contribution in [1.29, 1.82) is 0 Å². The van der Waals surface area contributed by atoms with E-state index in [0.717, 1.165) is 19.3 Å². The molecule has 3 nitrogen and oxygen atoms in total. The first kappa shape index (κ1) is 13.6. The molecule has 0 aromatic rings. The lowest BCUT2D eigenvalue weighted by Crippen LogP contribution is -2.52. The minimum Gasteiger partial charge on any atom is -0.462 e. The third-order valence-corrected chi connectivity index (χ3v) is 4.93. The Hall–Kier alpha value is -0.860. The van der Waals surface area contributed by atoms with Gasteiger partial charge in [0.1, 0.15) is 11.9 Å². The zero-order chi connectivity index (χ0) is 13.6. The van der Waals surface area contributed by atoms with Crippen LogP contribution < -0.4 is 0 Å². The van der Waals surface area contributed by atoms with Gasteiger partial charge in [-0.25, -0.2) is 0 Å². The van der Waals surface area contributed by atoms with Gasteiger partial charge in [0.25, 0.3) is 0 Å². The maximum Gasteiger partial charge on any atom is 0.302 e. The summed E-state index contributed by atoms with van der Waals surface area (Å²) in [5.41, 5.74) is 0.150. The zero-order valence-corrected chi connectivity index (χ0v) is 11.9. The molecule has 2 fully saturated rings. The standard InChI is InChI=1S/C15H24O3/c1-10(16)18-13-9-14(2,3)8-11-7-12(17)5-6-15(11,13)4/h11,13H,5-9H2,1-4H3/t11-,13+,15-/m0/s1. The monoisotopic (exact) mass is 252 g/mol. The Kier molecular flexibility index (Phi) is 3.28. The summed E-state index contributed by atoms with van der Waals surface area (Å²) in [5.74, 6) is 0.540.